The molecule has 2 heterocycles. The highest BCUT2D eigenvalue weighted by Crippen LogP contribution is 2.31. The number of imidazole rings is 1. The molecule has 0 saturated heterocycles. The van der Waals surface area contributed by atoms with Gasteiger partial charge in [0.15, 0.2) is 5.13 Å². The molecule has 2 aromatic rings. The van der Waals surface area contributed by atoms with Crippen molar-refractivity contribution in [1.29, 1.82) is 0 Å². The summed E-state index contributed by atoms with van der Waals surface area (Å²) in [5.74, 6) is 0. The van der Waals surface area contributed by atoms with Crippen LogP contribution < -0.4 is 5.32 Å². The van der Waals surface area contributed by atoms with Gasteiger partial charge in [-0.2, -0.15) is 0 Å². The third-order valence-electron chi connectivity index (χ3n) is 5.64. The van der Waals surface area contributed by atoms with Gasteiger partial charge in [-0.15, -0.1) is 0 Å². The molecule has 2 saturated carbocycles. The number of urea groups is 1. The molecule has 2 aliphatic carbocycles. The van der Waals surface area contributed by atoms with Gasteiger partial charge in [-0.3, -0.25) is 9.88 Å². The van der Waals surface area contributed by atoms with Crippen LogP contribution in [0.3, 0.4) is 0 Å². The van der Waals surface area contributed by atoms with E-state index in [0.29, 0.717) is 17.2 Å². The van der Waals surface area contributed by atoms with E-state index in [1.165, 1.54) is 49.9 Å². The normalized spacial score (nSPS) is 19.4. The van der Waals surface area contributed by atoms with E-state index in [1.54, 1.807) is 18.7 Å². The fraction of sp³-hybridized carbons (Fsp3) is 0.632. The number of amides is 2. The third kappa shape index (κ3) is 3.92. The SMILES string of the molecule is O=C(Nc1ncc(-n2ccnc2)s1)N(C1CCCCC1)C1CCCCC1. The highest BCUT2D eigenvalue weighted by molar-refractivity contribution is 7.18. The highest BCUT2D eigenvalue weighted by atomic mass is 32.1. The summed E-state index contributed by atoms with van der Waals surface area (Å²) in [6.45, 7) is 0. The average molecular weight is 374 g/mol. The molecule has 140 valence electrons. The predicted molar refractivity (Wildman–Crippen MR) is 104 cm³/mol. The van der Waals surface area contributed by atoms with Crippen molar-refractivity contribution in [3.63, 3.8) is 0 Å². The molecular weight excluding hydrogens is 346 g/mol. The zero-order valence-corrected chi connectivity index (χ0v) is 16.0. The quantitative estimate of drug-likeness (QED) is 0.835. The molecule has 2 fully saturated rings. The Hall–Kier alpha value is -1.89. The molecule has 6 nitrogen and oxygen atoms in total. The lowest BCUT2D eigenvalue weighted by atomic mass is 9.89. The summed E-state index contributed by atoms with van der Waals surface area (Å²) in [4.78, 5) is 23.8. The van der Waals surface area contributed by atoms with Gasteiger partial charge in [0, 0.05) is 24.5 Å². The number of hydrogen-bond acceptors (Lipinski definition) is 4. The molecule has 0 aliphatic heterocycles. The molecular formula is C19H27N5OS. The summed E-state index contributed by atoms with van der Waals surface area (Å²) < 4.78 is 1.91. The van der Waals surface area contributed by atoms with Gasteiger partial charge in [0.05, 0.1) is 12.5 Å². The van der Waals surface area contributed by atoms with Crippen LogP contribution in [0.4, 0.5) is 9.93 Å². The van der Waals surface area contributed by atoms with Crippen LogP contribution in [0.25, 0.3) is 5.00 Å². The molecule has 0 atom stereocenters. The van der Waals surface area contributed by atoms with Gasteiger partial charge in [0.1, 0.15) is 5.00 Å². The van der Waals surface area contributed by atoms with Gasteiger partial charge in [-0.05, 0) is 25.7 Å². The van der Waals surface area contributed by atoms with Crippen molar-refractivity contribution in [1.82, 2.24) is 19.4 Å². The molecule has 4 rings (SSSR count). The maximum atomic E-state index is 13.2. The van der Waals surface area contributed by atoms with Crippen LogP contribution in [-0.4, -0.2) is 37.5 Å². The van der Waals surface area contributed by atoms with Crippen LogP contribution in [0.1, 0.15) is 64.2 Å². The minimum Gasteiger partial charge on any atom is -0.319 e. The van der Waals surface area contributed by atoms with Gasteiger partial charge in [-0.25, -0.2) is 14.8 Å². The first-order valence-electron chi connectivity index (χ1n) is 9.85. The number of nitrogens with one attached hydrogen (secondary N) is 1. The first kappa shape index (κ1) is 17.5. The fourth-order valence-electron chi connectivity index (χ4n) is 4.34. The minimum atomic E-state index is 0.0373. The topological polar surface area (TPSA) is 63.1 Å². The van der Waals surface area contributed by atoms with Crippen molar-refractivity contribution in [3.05, 3.63) is 24.9 Å². The van der Waals surface area contributed by atoms with Crippen LogP contribution in [0.5, 0.6) is 0 Å². The Balaban J connectivity index is 1.48. The Morgan fingerprint density at radius 2 is 1.73 bits per heavy atom. The van der Waals surface area contributed by atoms with Crippen LogP contribution in [0, 0.1) is 0 Å². The molecule has 0 aromatic carbocycles. The largest absolute Gasteiger partial charge is 0.324 e. The zero-order valence-electron chi connectivity index (χ0n) is 15.1. The van der Waals surface area contributed by atoms with Crippen molar-refractivity contribution in [2.24, 2.45) is 0 Å². The Morgan fingerprint density at radius 1 is 1.08 bits per heavy atom. The first-order chi connectivity index (χ1) is 12.8. The number of carbonyl (C=O) groups excluding carboxylic acids is 1. The van der Waals surface area contributed by atoms with E-state index in [1.807, 2.05) is 10.8 Å². The lowest BCUT2D eigenvalue weighted by Gasteiger charge is -2.41. The smallest absolute Gasteiger partial charge is 0.319 e. The second kappa shape index (κ2) is 8.20. The summed E-state index contributed by atoms with van der Waals surface area (Å²) in [6, 6.07) is 0.815. The molecule has 26 heavy (non-hydrogen) atoms. The summed E-state index contributed by atoms with van der Waals surface area (Å²) >= 11 is 1.48. The van der Waals surface area contributed by atoms with Gasteiger partial charge in [0.25, 0.3) is 0 Å². The van der Waals surface area contributed by atoms with Crippen molar-refractivity contribution in [2.75, 3.05) is 5.32 Å². The van der Waals surface area contributed by atoms with Crippen molar-refractivity contribution in [3.8, 4) is 5.00 Å². The van der Waals surface area contributed by atoms with Gasteiger partial charge in [0.2, 0.25) is 0 Å². The van der Waals surface area contributed by atoms with E-state index in [2.05, 4.69) is 20.2 Å². The summed E-state index contributed by atoms with van der Waals surface area (Å²) in [5.41, 5.74) is 0. The number of thiazole rings is 1. The maximum absolute atomic E-state index is 13.2. The van der Waals surface area contributed by atoms with Gasteiger partial charge in [-0.1, -0.05) is 49.9 Å². The van der Waals surface area contributed by atoms with E-state index < -0.39 is 0 Å². The van der Waals surface area contributed by atoms with E-state index >= 15 is 0 Å². The fourth-order valence-corrected chi connectivity index (χ4v) is 5.10. The highest BCUT2D eigenvalue weighted by Gasteiger charge is 2.32. The number of aromatic nitrogens is 3. The Labute approximate surface area is 158 Å². The standard InChI is InChI=1S/C19H27N5OS/c25-19(22-18-21-13-17(26-18)23-12-11-20-14-23)24(15-7-3-1-4-8-15)16-9-5-2-6-10-16/h11-16H,1-10H2,(H,21,22,25). The van der Waals surface area contributed by atoms with E-state index in [0.717, 1.165) is 30.7 Å². The summed E-state index contributed by atoms with van der Waals surface area (Å²) in [6.07, 6.45) is 19.3. The molecule has 1 N–H and O–H groups in total. The Kier molecular flexibility index (Phi) is 5.53. The number of nitrogens with zero attached hydrogens (tertiary/aromatic N) is 4. The molecule has 0 bridgehead atoms. The minimum absolute atomic E-state index is 0.0373. The molecule has 7 heteroatoms. The lowest BCUT2D eigenvalue weighted by Crippen LogP contribution is -2.50. The van der Waals surface area contributed by atoms with Crippen molar-refractivity contribution >= 4 is 22.5 Å². The Bertz CT molecular complexity index is 683. The van der Waals surface area contributed by atoms with Crippen LogP contribution >= 0.6 is 11.3 Å². The monoisotopic (exact) mass is 373 g/mol. The molecule has 2 amide bonds. The second-order valence-electron chi connectivity index (χ2n) is 7.39. The number of rotatable bonds is 4. The molecule has 0 radical (unpaired) electrons. The molecule has 0 spiro atoms. The van der Waals surface area contributed by atoms with E-state index in [4.69, 9.17) is 0 Å². The second-order valence-corrected chi connectivity index (χ2v) is 8.40. The summed E-state index contributed by atoms with van der Waals surface area (Å²) in [7, 11) is 0. The van der Waals surface area contributed by atoms with E-state index in [9.17, 15) is 4.79 Å². The zero-order chi connectivity index (χ0) is 17.8. The predicted octanol–water partition coefficient (Wildman–Crippen LogP) is 4.83. The maximum Gasteiger partial charge on any atom is 0.324 e. The van der Waals surface area contributed by atoms with Gasteiger partial charge < -0.3 is 4.90 Å². The van der Waals surface area contributed by atoms with Crippen LogP contribution in [-0.2, 0) is 0 Å². The number of hydrogen-bond donors (Lipinski definition) is 1. The van der Waals surface area contributed by atoms with Gasteiger partial charge >= 0.3 is 6.03 Å². The van der Waals surface area contributed by atoms with Crippen LogP contribution in [0.2, 0.25) is 0 Å². The number of carbonyl (C=O) groups is 1. The van der Waals surface area contributed by atoms with E-state index in [-0.39, 0.29) is 6.03 Å². The molecule has 2 aromatic heterocycles. The number of anilines is 1. The average Bonchev–Trinajstić information content (AvgIpc) is 3.35. The van der Waals surface area contributed by atoms with Crippen LogP contribution in [0.15, 0.2) is 24.9 Å². The molecule has 0 unspecified atom stereocenters. The molecule has 2 aliphatic rings. The van der Waals surface area contributed by atoms with Crippen molar-refractivity contribution in [2.45, 2.75) is 76.3 Å². The summed E-state index contributed by atoms with van der Waals surface area (Å²) in [5, 5.41) is 4.70. The Morgan fingerprint density at radius 3 is 2.31 bits per heavy atom. The first-order valence-corrected chi connectivity index (χ1v) is 10.7. The lowest BCUT2D eigenvalue weighted by molar-refractivity contribution is 0.114. The third-order valence-corrected chi connectivity index (χ3v) is 6.56. The van der Waals surface area contributed by atoms with Crippen molar-refractivity contribution < 1.29 is 4.79 Å².